The first-order valence-corrected chi connectivity index (χ1v) is 7.00. The molecule has 2 N–H and O–H groups in total. The van der Waals surface area contributed by atoms with E-state index in [-0.39, 0.29) is 30.4 Å². The second-order valence-electron chi connectivity index (χ2n) is 4.98. The molecule has 5 nitrogen and oxygen atoms in total. The maximum Gasteiger partial charge on any atom is 0.418 e. The van der Waals surface area contributed by atoms with Crippen LogP contribution in [0.25, 0.3) is 0 Å². The van der Waals surface area contributed by atoms with Gasteiger partial charge in [0.1, 0.15) is 0 Å². The Morgan fingerprint density at radius 3 is 2.46 bits per heavy atom. The van der Waals surface area contributed by atoms with E-state index in [2.05, 4.69) is 5.32 Å². The summed E-state index contributed by atoms with van der Waals surface area (Å²) >= 11 is 5.57. The number of halogens is 5. The fourth-order valence-electron chi connectivity index (χ4n) is 1.76. The van der Waals surface area contributed by atoms with Gasteiger partial charge in [0.25, 0.3) is 0 Å². The van der Waals surface area contributed by atoms with Crippen molar-refractivity contribution in [2.75, 3.05) is 18.9 Å². The number of aliphatic carboxylic acids is 1. The van der Waals surface area contributed by atoms with Crippen LogP contribution in [0.4, 0.5) is 18.9 Å². The van der Waals surface area contributed by atoms with Crippen molar-refractivity contribution in [2.45, 2.75) is 25.6 Å². The summed E-state index contributed by atoms with van der Waals surface area (Å²) in [4.78, 5) is 24.0. The molecule has 1 aromatic rings. The van der Waals surface area contributed by atoms with Crippen molar-refractivity contribution >= 4 is 41.6 Å². The Morgan fingerprint density at radius 2 is 1.96 bits per heavy atom. The van der Waals surface area contributed by atoms with Crippen LogP contribution in [-0.4, -0.2) is 41.5 Å². The molecule has 0 spiro atoms. The molecule has 1 rings (SSSR count). The molecule has 10 heteroatoms. The first-order valence-electron chi connectivity index (χ1n) is 6.62. The number of carbonyl (C=O) groups excluding carboxylic acids is 1. The molecule has 0 bridgehead atoms. The highest BCUT2D eigenvalue weighted by atomic mass is 35.5. The van der Waals surface area contributed by atoms with Crippen LogP contribution in [0.2, 0.25) is 5.02 Å². The molecule has 1 atom stereocenters. The number of carboxylic acids is 1. The van der Waals surface area contributed by atoms with Gasteiger partial charge in [-0.05, 0) is 32.2 Å². The molecular weight excluding hydrogens is 372 g/mol. The number of amides is 1. The lowest BCUT2D eigenvalue weighted by Crippen LogP contribution is -2.40. The van der Waals surface area contributed by atoms with Crippen LogP contribution >= 0.6 is 24.0 Å². The summed E-state index contributed by atoms with van der Waals surface area (Å²) in [5.41, 5.74) is -1.44. The van der Waals surface area contributed by atoms with Crippen molar-refractivity contribution in [2.24, 2.45) is 0 Å². The highest BCUT2D eigenvalue weighted by Gasteiger charge is 2.34. The van der Waals surface area contributed by atoms with Gasteiger partial charge in [0.2, 0.25) is 5.91 Å². The number of benzene rings is 1. The number of nitrogens with one attached hydrogen (secondary N) is 1. The molecule has 0 aliphatic rings. The lowest BCUT2D eigenvalue weighted by molar-refractivity contribution is -0.138. The summed E-state index contributed by atoms with van der Waals surface area (Å²) in [5.74, 6) is -1.70. The average Bonchev–Trinajstić information content (AvgIpc) is 2.44. The van der Waals surface area contributed by atoms with Gasteiger partial charge < -0.3 is 10.4 Å². The Labute approximate surface area is 148 Å². The number of rotatable bonds is 6. The molecule has 0 aliphatic carbocycles. The Balaban J connectivity index is 0.00000529. The predicted octanol–water partition coefficient (Wildman–Crippen LogP) is 3.51. The van der Waals surface area contributed by atoms with E-state index in [1.807, 2.05) is 0 Å². The molecule has 24 heavy (non-hydrogen) atoms. The van der Waals surface area contributed by atoms with E-state index in [1.165, 1.54) is 24.9 Å². The van der Waals surface area contributed by atoms with Gasteiger partial charge in [-0.2, -0.15) is 13.2 Å². The summed E-state index contributed by atoms with van der Waals surface area (Å²) in [7, 11) is 1.51. The molecule has 0 radical (unpaired) electrons. The van der Waals surface area contributed by atoms with Crippen molar-refractivity contribution in [1.82, 2.24) is 4.90 Å². The lowest BCUT2D eigenvalue weighted by Gasteiger charge is -2.24. The maximum absolute atomic E-state index is 13.0. The van der Waals surface area contributed by atoms with Crippen LogP contribution in [0.1, 0.15) is 18.9 Å². The third kappa shape index (κ3) is 6.54. The van der Waals surface area contributed by atoms with Gasteiger partial charge in [-0.1, -0.05) is 11.6 Å². The number of anilines is 1. The van der Waals surface area contributed by atoms with E-state index in [0.29, 0.717) is 0 Å². The van der Waals surface area contributed by atoms with Gasteiger partial charge in [-0.15, -0.1) is 12.4 Å². The standard InChI is InChI=1S/C14H16ClF3N2O3.ClH/c1-8(20(2)6-5-12(21)22)13(23)19-11-4-3-9(15)7-10(11)14(16,17)18;/h3-4,7-8H,5-6H2,1-2H3,(H,19,23)(H,21,22);1H. The van der Waals surface area contributed by atoms with E-state index in [1.54, 1.807) is 0 Å². The van der Waals surface area contributed by atoms with Gasteiger partial charge in [0.05, 0.1) is 23.7 Å². The molecule has 1 amide bonds. The van der Waals surface area contributed by atoms with Crippen LogP contribution in [0.3, 0.4) is 0 Å². The van der Waals surface area contributed by atoms with Crippen LogP contribution in [-0.2, 0) is 15.8 Å². The molecule has 1 unspecified atom stereocenters. The van der Waals surface area contributed by atoms with Crippen LogP contribution < -0.4 is 5.32 Å². The number of carbonyl (C=O) groups is 2. The van der Waals surface area contributed by atoms with Gasteiger partial charge in [-0.3, -0.25) is 14.5 Å². The van der Waals surface area contributed by atoms with Crippen molar-refractivity contribution < 1.29 is 27.9 Å². The highest BCUT2D eigenvalue weighted by Crippen LogP contribution is 2.36. The van der Waals surface area contributed by atoms with E-state index >= 15 is 0 Å². The van der Waals surface area contributed by atoms with Crippen LogP contribution in [0.15, 0.2) is 18.2 Å². The topological polar surface area (TPSA) is 69.6 Å². The second kappa shape index (κ2) is 9.10. The molecule has 0 saturated carbocycles. The van der Waals surface area contributed by atoms with E-state index < -0.39 is 35.3 Å². The van der Waals surface area contributed by atoms with Gasteiger partial charge in [0, 0.05) is 11.6 Å². The van der Waals surface area contributed by atoms with Crippen LogP contribution in [0, 0.1) is 0 Å². The van der Waals surface area contributed by atoms with Crippen molar-refractivity contribution in [1.29, 1.82) is 0 Å². The zero-order chi connectivity index (χ0) is 17.8. The first kappa shape index (κ1) is 22.5. The van der Waals surface area contributed by atoms with Gasteiger partial charge >= 0.3 is 12.1 Å². The van der Waals surface area contributed by atoms with E-state index in [0.717, 1.165) is 12.1 Å². The number of nitrogens with zero attached hydrogens (tertiary/aromatic N) is 1. The fraction of sp³-hybridized carbons (Fsp3) is 0.429. The zero-order valence-electron chi connectivity index (χ0n) is 12.9. The monoisotopic (exact) mass is 388 g/mol. The highest BCUT2D eigenvalue weighted by molar-refractivity contribution is 6.30. The molecular formula is C14H17Cl2F3N2O3. The molecule has 0 heterocycles. The summed E-state index contributed by atoms with van der Waals surface area (Å²) in [6, 6.07) is 2.25. The SMILES string of the molecule is CC(C(=O)Nc1ccc(Cl)cc1C(F)(F)F)N(C)CCC(=O)O.Cl. The molecule has 0 aliphatic heterocycles. The lowest BCUT2D eigenvalue weighted by atomic mass is 10.1. The van der Waals surface area contributed by atoms with Crippen molar-refractivity contribution in [3.63, 3.8) is 0 Å². The number of hydrogen-bond acceptors (Lipinski definition) is 3. The third-order valence-corrected chi connectivity index (χ3v) is 3.50. The Bertz CT molecular complexity index is 597. The maximum atomic E-state index is 13.0. The van der Waals surface area contributed by atoms with E-state index in [4.69, 9.17) is 16.7 Å². The van der Waals surface area contributed by atoms with Crippen molar-refractivity contribution in [3.05, 3.63) is 28.8 Å². The molecule has 1 aromatic carbocycles. The molecule has 0 fully saturated rings. The minimum absolute atomic E-state index is 0. The molecule has 0 aromatic heterocycles. The zero-order valence-corrected chi connectivity index (χ0v) is 14.4. The first-order chi connectivity index (χ1) is 10.5. The molecule has 136 valence electrons. The fourth-order valence-corrected chi connectivity index (χ4v) is 1.94. The summed E-state index contributed by atoms with van der Waals surface area (Å²) in [6.07, 6.45) is -4.84. The number of alkyl halides is 3. The quantitative estimate of drug-likeness (QED) is 0.782. The van der Waals surface area contributed by atoms with Crippen LogP contribution in [0.5, 0.6) is 0 Å². The Hall–Kier alpha value is -1.51. The minimum atomic E-state index is -4.66. The number of carboxylic acid groups (broad SMARTS) is 1. The van der Waals surface area contributed by atoms with Gasteiger partial charge in [-0.25, -0.2) is 0 Å². The Kier molecular flexibility index (Phi) is 8.53. The summed E-state index contributed by atoms with van der Waals surface area (Å²) < 4.78 is 38.9. The third-order valence-electron chi connectivity index (χ3n) is 3.26. The minimum Gasteiger partial charge on any atom is -0.481 e. The predicted molar refractivity (Wildman–Crippen MR) is 86.7 cm³/mol. The number of hydrogen-bond donors (Lipinski definition) is 2. The average molecular weight is 389 g/mol. The Morgan fingerprint density at radius 1 is 1.38 bits per heavy atom. The summed E-state index contributed by atoms with van der Waals surface area (Å²) in [6.45, 7) is 1.57. The van der Waals surface area contributed by atoms with Crippen molar-refractivity contribution in [3.8, 4) is 0 Å². The molecule has 0 saturated heterocycles. The van der Waals surface area contributed by atoms with E-state index in [9.17, 15) is 22.8 Å². The smallest absolute Gasteiger partial charge is 0.418 e. The summed E-state index contributed by atoms with van der Waals surface area (Å²) in [5, 5.41) is 10.7. The normalized spacial score (nSPS) is 12.5. The number of likely N-dealkylation sites (N-methyl/N-ethyl adjacent to an activating group) is 1. The van der Waals surface area contributed by atoms with Gasteiger partial charge in [0.15, 0.2) is 0 Å². The second-order valence-corrected chi connectivity index (χ2v) is 5.41. The largest absolute Gasteiger partial charge is 0.481 e.